The van der Waals surface area contributed by atoms with Crippen LogP contribution in [0.3, 0.4) is 0 Å². The number of benzene rings is 2. The minimum absolute atomic E-state index is 0.704. The molecule has 4 heteroatoms. The van der Waals surface area contributed by atoms with Gasteiger partial charge < -0.3 is 9.80 Å². The highest BCUT2D eigenvalue weighted by Crippen LogP contribution is 2.11. The lowest BCUT2D eigenvalue weighted by molar-refractivity contribution is 0.112. The summed E-state index contributed by atoms with van der Waals surface area (Å²) in [6, 6.07) is 17.0. The fourth-order valence-corrected chi connectivity index (χ4v) is 1.69. The molecular weight excluding hydrogens is 274 g/mol. The van der Waals surface area contributed by atoms with E-state index >= 15 is 0 Å². The summed E-state index contributed by atoms with van der Waals surface area (Å²) in [6.45, 7) is 0. The third-order valence-electron chi connectivity index (χ3n) is 3.06. The van der Waals surface area contributed by atoms with Gasteiger partial charge in [0.05, 0.1) is 11.6 Å². The van der Waals surface area contributed by atoms with Crippen molar-refractivity contribution in [3.8, 4) is 6.07 Å². The van der Waals surface area contributed by atoms with Crippen molar-refractivity contribution in [1.82, 2.24) is 0 Å². The van der Waals surface area contributed by atoms with Gasteiger partial charge in [-0.15, -0.1) is 0 Å². The number of nitrogens with zero attached hydrogens (tertiary/aromatic N) is 3. The number of hydrogen-bond acceptors (Lipinski definition) is 4. The van der Waals surface area contributed by atoms with Crippen molar-refractivity contribution in [3.63, 3.8) is 0 Å². The highest BCUT2D eigenvalue weighted by molar-refractivity contribution is 5.75. The summed E-state index contributed by atoms with van der Waals surface area (Å²) in [5, 5.41) is 8.50. The maximum absolute atomic E-state index is 10.3. The van der Waals surface area contributed by atoms with Crippen LogP contribution < -0.4 is 9.80 Å². The Kier molecular flexibility index (Phi) is 6.65. The molecule has 114 valence electrons. The Morgan fingerprint density at radius 3 is 1.55 bits per heavy atom. The molecule has 0 aliphatic rings. The predicted molar refractivity (Wildman–Crippen MR) is 91.6 cm³/mol. The van der Waals surface area contributed by atoms with Crippen LogP contribution in [0.1, 0.15) is 15.9 Å². The molecule has 2 aromatic carbocycles. The topological polar surface area (TPSA) is 47.3 Å². The van der Waals surface area contributed by atoms with E-state index in [1.165, 1.54) is 0 Å². The SMILES string of the molecule is CN(C)c1ccc(C#N)cc1.CN(C)c1ccc(C=O)cc1. The number of anilines is 2. The van der Waals surface area contributed by atoms with Crippen LogP contribution in [0.2, 0.25) is 0 Å². The van der Waals surface area contributed by atoms with E-state index in [1.807, 2.05) is 86.5 Å². The monoisotopic (exact) mass is 295 g/mol. The second-order valence-electron chi connectivity index (χ2n) is 5.16. The normalized spacial score (nSPS) is 9.05. The first-order chi connectivity index (χ1) is 10.5. The second-order valence-corrected chi connectivity index (χ2v) is 5.16. The zero-order valence-electron chi connectivity index (χ0n) is 13.4. The fourth-order valence-electron chi connectivity index (χ4n) is 1.69. The Hall–Kier alpha value is -2.80. The molecule has 0 aromatic heterocycles. The molecule has 0 aliphatic heterocycles. The van der Waals surface area contributed by atoms with Gasteiger partial charge in [-0.05, 0) is 48.5 Å². The first kappa shape index (κ1) is 17.3. The van der Waals surface area contributed by atoms with E-state index in [0.29, 0.717) is 5.56 Å². The van der Waals surface area contributed by atoms with Crippen molar-refractivity contribution in [1.29, 1.82) is 5.26 Å². The lowest BCUT2D eigenvalue weighted by Gasteiger charge is -2.11. The molecule has 0 N–H and O–H groups in total. The molecule has 2 rings (SSSR count). The Labute approximate surface area is 132 Å². The molecule has 0 bridgehead atoms. The predicted octanol–water partition coefficient (Wildman–Crippen LogP) is 3.19. The van der Waals surface area contributed by atoms with E-state index in [1.54, 1.807) is 0 Å². The van der Waals surface area contributed by atoms with Crippen molar-refractivity contribution in [2.24, 2.45) is 0 Å². The van der Waals surface area contributed by atoms with Crippen LogP contribution in [0.15, 0.2) is 48.5 Å². The summed E-state index contributed by atoms with van der Waals surface area (Å²) in [7, 11) is 7.88. The minimum Gasteiger partial charge on any atom is -0.378 e. The number of aldehydes is 1. The van der Waals surface area contributed by atoms with Crippen molar-refractivity contribution < 1.29 is 4.79 Å². The van der Waals surface area contributed by atoms with E-state index in [2.05, 4.69) is 6.07 Å². The highest BCUT2D eigenvalue weighted by Gasteiger charge is 1.94. The van der Waals surface area contributed by atoms with Crippen LogP contribution in [0.25, 0.3) is 0 Å². The van der Waals surface area contributed by atoms with Crippen LogP contribution in [0.4, 0.5) is 11.4 Å². The van der Waals surface area contributed by atoms with Crippen molar-refractivity contribution >= 4 is 17.7 Å². The second kappa shape index (κ2) is 8.48. The highest BCUT2D eigenvalue weighted by atomic mass is 16.1. The molecule has 0 saturated carbocycles. The summed E-state index contributed by atoms with van der Waals surface area (Å²) in [4.78, 5) is 14.3. The molecule has 0 heterocycles. The first-order valence-electron chi connectivity index (χ1n) is 6.88. The third kappa shape index (κ3) is 5.29. The van der Waals surface area contributed by atoms with Crippen LogP contribution in [-0.2, 0) is 0 Å². The molecule has 0 atom stereocenters. The molecule has 2 aromatic rings. The smallest absolute Gasteiger partial charge is 0.150 e. The number of carbonyl (C=O) groups is 1. The maximum Gasteiger partial charge on any atom is 0.150 e. The number of rotatable bonds is 3. The Bertz CT molecular complexity index is 623. The molecule has 0 unspecified atom stereocenters. The zero-order valence-corrected chi connectivity index (χ0v) is 13.4. The van der Waals surface area contributed by atoms with E-state index < -0.39 is 0 Å². The molecule has 0 radical (unpaired) electrons. The zero-order chi connectivity index (χ0) is 16.5. The average molecular weight is 295 g/mol. The molecule has 0 aliphatic carbocycles. The molecule has 0 saturated heterocycles. The fraction of sp³-hybridized carbons (Fsp3) is 0.222. The Morgan fingerprint density at radius 2 is 1.23 bits per heavy atom. The van der Waals surface area contributed by atoms with E-state index in [0.717, 1.165) is 23.2 Å². The molecular formula is C18H21N3O. The average Bonchev–Trinajstić information content (AvgIpc) is 2.55. The molecule has 0 spiro atoms. The van der Waals surface area contributed by atoms with Gasteiger partial charge in [0.25, 0.3) is 0 Å². The standard InChI is InChI=1S/C9H10N2.C9H11NO/c1-11(2)9-5-3-8(7-10)4-6-9;1-10(2)9-5-3-8(7-11)4-6-9/h3-6H,1-2H3;3-7H,1-2H3. The van der Waals surface area contributed by atoms with Gasteiger partial charge in [-0.1, -0.05) is 0 Å². The lowest BCUT2D eigenvalue weighted by Crippen LogP contribution is -2.08. The summed E-state index contributed by atoms with van der Waals surface area (Å²) >= 11 is 0. The number of hydrogen-bond donors (Lipinski definition) is 0. The summed E-state index contributed by atoms with van der Waals surface area (Å²) in [5.74, 6) is 0. The summed E-state index contributed by atoms with van der Waals surface area (Å²) in [5.41, 5.74) is 3.64. The van der Waals surface area contributed by atoms with Gasteiger partial charge in [-0.3, -0.25) is 4.79 Å². The van der Waals surface area contributed by atoms with Crippen LogP contribution in [0, 0.1) is 11.3 Å². The van der Waals surface area contributed by atoms with E-state index in [9.17, 15) is 4.79 Å². The van der Waals surface area contributed by atoms with E-state index in [-0.39, 0.29) is 0 Å². The van der Waals surface area contributed by atoms with Gasteiger partial charge in [0, 0.05) is 45.1 Å². The van der Waals surface area contributed by atoms with E-state index in [4.69, 9.17) is 5.26 Å². The van der Waals surface area contributed by atoms with Gasteiger partial charge in [0.2, 0.25) is 0 Å². The molecule has 4 nitrogen and oxygen atoms in total. The van der Waals surface area contributed by atoms with Crippen molar-refractivity contribution in [3.05, 3.63) is 59.7 Å². The molecule has 0 fully saturated rings. The largest absolute Gasteiger partial charge is 0.378 e. The molecule has 22 heavy (non-hydrogen) atoms. The van der Waals surface area contributed by atoms with Crippen molar-refractivity contribution in [2.75, 3.05) is 38.0 Å². The maximum atomic E-state index is 10.3. The Morgan fingerprint density at radius 1 is 0.818 bits per heavy atom. The van der Waals surface area contributed by atoms with Gasteiger partial charge >= 0.3 is 0 Å². The van der Waals surface area contributed by atoms with Gasteiger partial charge in [-0.2, -0.15) is 5.26 Å². The third-order valence-corrected chi connectivity index (χ3v) is 3.06. The quantitative estimate of drug-likeness (QED) is 0.816. The van der Waals surface area contributed by atoms with Crippen molar-refractivity contribution in [2.45, 2.75) is 0 Å². The van der Waals surface area contributed by atoms with Gasteiger partial charge in [0.1, 0.15) is 6.29 Å². The minimum atomic E-state index is 0.704. The molecule has 0 amide bonds. The first-order valence-corrected chi connectivity index (χ1v) is 6.88. The van der Waals surface area contributed by atoms with Crippen LogP contribution in [-0.4, -0.2) is 34.5 Å². The van der Waals surface area contributed by atoms with Crippen LogP contribution in [0.5, 0.6) is 0 Å². The lowest BCUT2D eigenvalue weighted by atomic mass is 10.2. The summed E-state index contributed by atoms with van der Waals surface area (Å²) < 4.78 is 0. The summed E-state index contributed by atoms with van der Waals surface area (Å²) in [6.07, 6.45) is 0.847. The van der Waals surface area contributed by atoms with Gasteiger partial charge in [-0.25, -0.2) is 0 Å². The van der Waals surface area contributed by atoms with Gasteiger partial charge in [0.15, 0.2) is 0 Å². The number of carbonyl (C=O) groups excluding carboxylic acids is 1. The van der Waals surface area contributed by atoms with Crippen LogP contribution >= 0.6 is 0 Å². The Balaban J connectivity index is 0.000000220. The number of nitriles is 1.